The normalized spacial score (nSPS) is 16.3. The van der Waals surface area contributed by atoms with Crippen molar-refractivity contribution in [1.82, 2.24) is 15.5 Å². The number of piperazine rings is 1. The topological polar surface area (TPSA) is 53.6 Å². The largest absolute Gasteiger partial charge is 0.481 e. The van der Waals surface area contributed by atoms with Gasteiger partial charge in [-0.3, -0.25) is 9.69 Å². The van der Waals surface area contributed by atoms with E-state index in [-0.39, 0.29) is 18.3 Å². The Bertz CT molecular complexity index is 479. The molecular weight excluding hydrogens is 314 g/mol. The van der Waals surface area contributed by atoms with E-state index in [0.717, 1.165) is 44.0 Å². The molecule has 6 heteroatoms. The smallest absolute Gasteiger partial charge is 0.261 e. The third-order valence-corrected chi connectivity index (χ3v) is 3.87. The molecule has 1 aliphatic rings. The van der Waals surface area contributed by atoms with E-state index < -0.39 is 6.10 Å². The molecule has 0 radical (unpaired) electrons. The van der Waals surface area contributed by atoms with Crippen molar-refractivity contribution in [2.75, 3.05) is 39.3 Å². The van der Waals surface area contributed by atoms with Gasteiger partial charge in [0.25, 0.3) is 5.91 Å². The Balaban J connectivity index is 0.00000264. The monoisotopic (exact) mass is 341 g/mol. The van der Waals surface area contributed by atoms with Crippen molar-refractivity contribution in [3.05, 3.63) is 29.8 Å². The van der Waals surface area contributed by atoms with E-state index in [1.165, 1.54) is 0 Å². The number of hydrogen-bond donors (Lipinski definition) is 2. The van der Waals surface area contributed by atoms with Crippen molar-refractivity contribution >= 4 is 18.3 Å². The number of carbonyl (C=O) groups excluding carboxylic acids is 1. The van der Waals surface area contributed by atoms with E-state index in [1.807, 2.05) is 38.1 Å². The lowest BCUT2D eigenvalue weighted by Gasteiger charge is -2.27. The number of aryl methyl sites for hydroxylation is 1. The van der Waals surface area contributed by atoms with Gasteiger partial charge in [-0.05, 0) is 31.0 Å². The van der Waals surface area contributed by atoms with E-state index in [0.29, 0.717) is 13.0 Å². The standard InChI is InChI=1S/C17H27N3O2.ClH/c1-3-16(22-15-6-4-5-14(2)13-15)17(21)19-9-12-20-10-7-18-8-11-20;/h4-6,13,16,18H,3,7-12H2,1-2H3,(H,19,21);1H. The Morgan fingerprint density at radius 2 is 2.13 bits per heavy atom. The first kappa shape index (κ1) is 19.7. The van der Waals surface area contributed by atoms with E-state index in [4.69, 9.17) is 4.74 Å². The molecule has 0 aliphatic carbocycles. The lowest BCUT2D eigenvalue weighted by atomic mass is 10.2. The lowest BCUT2D eigenvalue weighted by molar-refractivity contribution is -0.128. The van der Waals surface area contributed by atoms with Crippen LogP contribution in [0.25, 0.3) is 0 Å². The molecule has 1 heterocycles. The summed E-state index contributed by atoms with van der Waals surface area (Å²) >= 11 is 0. The third kappa shape index (κ3) is 6.77. The summed E-state index contributed by atoms with van der Waals surface area (Å²) in [5.41, 5.74) is 1.13. The number of nitrogens with one attached hydrogen (secondary N) is 2. The zero-order valence-electron chi connectivity index (χ0n) is 14.0. The maximum absolute atomic E-state index is 12.2. The van der Waals surface area contributed by atoms with Gasteiger partial charge in [0.15, 0.2) is 6.10 Å². The lowest BCUT2D eigenvalue weighted by Crippen LogP contribution is -2.47. The number of benzene rings is 1. The molecule has 1 aliphatic heterocycles. The summed E-state index contributed by atoms with van der Waals surface area (Å²) in [6.07, 6.45) is 0.234. The number of rotatable bonds is 7. The molecule has 1 unspecified atom stereocenters. The van der Waals surface area contributed by atoms with Crippen molar-refractivity contribution in [2.24, 2.45) is 0 Å². The maximum atomic E-state index is 12.2. The molecule has 23 heavy (non-hydrogen) atoms. The third-order valence-electron chi connectivity index (χ3n) is 3.87. The van der Waals surface area contributed by atoms with Crippen LogP contribution in [0.2, 0.25) is 0 Å². The van der Waals surface area contributed by atoms with Gasteiger partial charge in [-0.15, -0.1) is 12.4 Å². The second kappa shape index (κ2) is 10.5. The van der Waals surface area contributed by atoms with Crippen LogP contribution in [0.15, 0.2) is 24.3 Å². The molecule has 0 spiro atoms. The molecule has 0 saturated carbocycles. The van der Waals surface area contributed by atoms with Crippen LogP contribution in [0.5, 0.6) is 5.75 Å². The molecule has 1 amide bonds. The molecule has 0 bridgehead atoms. The second-order valence-electron chi connectivity index (χ2n) is 5.71. The van der Waals surface area contributed by atoms with E-state index >= 15 is 0 Å². The van der Waals surface area contributed by atoms with Crippen LogP contribution in [0.3, 0.4) is 0 Å². The molecule has 0 aromatic heterocycles. The molecule has 130 valence electrons. The van der Waals surface area contributed by atoms with Gasteiger partial charge < -0.3 is 15.4 Å². The number of carbonyl (C=O) groups is 1. The quantitative estimate of drug-likeness (QED) is 0.791. The van der Waals surface area contributed by atoms with Gasteiger partial charge in [-0.1, -0.05) is 19.1 Å². The average Bonchev–Trinajstić information content (AvgIpc) is 2.53. The molecule has 1 fully saturated rings. The van der Waals surface area contributed by atoms with Crippen LogP contribution in [-0.2, 0) is 4.79 Å². The van der Waals surface area contributed by atoms with Gasteiger partial charge >= 0.3 is 0 Å². The molecule has 1 saturated heterocycles. The average molecular weight is 342 g/mol. The number of ether oxygens (including phenoxy) is 1. The number of amides is 1. The van der Waals surface area contributed by atoms with E-state index in [9.17, 15) is 4.79 Å². The molecule has 2 rings (SSSR count). The highest BCUT2D eigenvalue weighted by molar-refractivity contribution is 5.85. The summed E-state index contributed by atoms with van der Waals surface area (Å²) in [4.78, 5) is 14.6. The Morgan fingerprint density at radius 1 is 1.39 bits per heavy atom. The Labute approximate surface area is 145 Å². The highest BCUT2D eigenvalue weighted by Gasteiger charge is 2.18. The Hall–Kier alpha value is -1.30. The fraction of sp³-hybridized carbons (Fsp3) is 0.588. The predicted octanol–water partition coefficient (Wildman–Crippen LogP) is 1.60. The van der Waals surface area contributed by atoms with E-state index in [2.05, 4.69) is 15.5 Å². The molecule has 1 atom stereocenters. The SMILES string of the molecule is CCC(Oc1cccc(C)c1)C(=O)NCCN1CCNCC1.Cl. The van der Waals surface area contributed by atoms with Crippen LogP contribution in [-0.4, -0.2) is 56.2 Å². The van der Waals surface area contributed by atoms with Crippen molar-refractivity contribution in [2.45, 2.75) is 26.4 Å². The van der Waals surface area contributed by atoms with E-state index in [1.54, 1.807) is 0 Å². The highest BCUT2D eigenvalue weighted by atomic mass is 35.5. The van der Waals surface area contributed by atoms with Crippen molar-refractivity contribution in [1.29, 1.82) is 0 Å². The van der Waals surface area contributed by atoms with Crippen molar-refractivity contribution in [3.8, 4) is 5.75 Å². The maximum Gasteiger partial charge on any atom is 0.261 e. The van der Waals surface area contributed by atoms with Crippen LogP contribution in [0.1, 0.15) is 18.9 Å². The molecule has 1 aromatic carbocycles. The fourth-order valence-corrected chi connectivity index (χ4v) is 2.56. The zero-order chi connectivity index (χ0) is 15.8. The minimum Gasteiger partial charge on any atom is -0.481 e. The first-order valence-corrected chi connectivity index (χ1v) is 8.13. The van der Waals surface area contributed by atoms with Gasteiger partial charge in [-0.2, -0.15) is 0 Å². The Morgan fingerprint density at radius 3 is 2.78 bits per heavy atom. The summed E-state index contributed by atoms with van der Waals surface area (Å²) < 4.78 is 5.81. The van der Waals surface area contributed by atoms with Gasteiger partial charge in [0.2, 0.25) is 0 Å². The number of nitrogens with zero attached hydrogens (tertiary/aromatic N) is 1. The summed E-state index contributed by atoms with van der Waals surface area (Å²) in [6, 6.07) is 7.81. The minimum absolute atomic E-state index is 0. The van der Waals surface area contributed by atoms with Gasteiger partial charge in [0, 0.05) is 39.3 Å². The summed E-state index contributed by atoms with van der Waals surface area (Å²) in [5.74, 6) is 0.725. The highest BCUT2D eigenvalue weighted by Crippen LogP contribution is 2.15. The predicted molar refractivity (Wildman–Crippen MR) is 95.5 cm³/mol. The molecule has 2 N–H and O–H groups in total. The van der Waals surface area contributed by atoms with Crippen LogP contribution >= 0.6 is 12.4 Å². The van der Waals surface area contributed by atoms with Crippen LogP contribution in [0, 0.1) is 6.92 Å². The first-order valence-electron chi connectivity index (χ1n) is 8.13. The fourth-order valence-electron chi connectivity index (χ4n) is 2.56. The first-order chi connectivity index (χ1) is 10.7. The molecule has 5 nitrogen and oxygen atoms in total. The Kier molecular flexibility index (Phi) is 8.99. The molecule has 1 aromatic rings. The van der Waals surface area contributed by atoms with Gasteiger partial charge in [0.05, 0.1) is 0 Å². The molecular formula is C17H28ClN3O2. The number of hydrogen-bond acceptors (Lipinski definition) is 4. The van der Waals surface area contributed by atoms with Crippen molar-refractivity contribution in [3.63, 3.8) is 0 Å². The second-order valence-corrected chi connectivity index (χ2v) is 5.71. The number of halogens is 1. The summed E-state index contributed by atoms with van der Waals surface area (Å²) in [6.45, 7) is 9.71. The van der Waals surface area contributed by atoms with Gasteiger partial charge in [0.1, 0.15) is 5.75 Å². The van der Waals surface area contributed by atoms with Crippen LogP contribution in [0.4, 0.5) is 0 Å². The minimum atomic E-state index is -0.426. The summed E-state index contributed by atoms with van der Waals surface area (Å²) in [7, 11) is 0. The van der Waals surface area contributed by atoms with Gasteiger partial charge in [-0.25, -0.2) is 0 Å². The van der Waals surface area contributed by atoms with Crippen LogP contribution < -0.4 is 15.4 Å². The van der Waals surface area contributed by atoms with Crippen molar-refractivity contribution < 1.29 is 9.53 Å². The summed E-state index contributed by atoms with van der Waals surface area (Å²) in [5, 5.41) is 6.31. The zero-order valence-corrected chi connectivity index (χ0v) is 14.8.